The zero-order chi connectivity index (χ0) is 20.5. The molecule has 2 aromatic heterocycles. The van der Waals surface area contributed by atoms with Crippen molar-refractivity contribution in [2.24, 2.45) is 5.92 Å². The number of rotatable bonds is 4. The van der Waals surface area contributed by atoms with Crippen molar-refractivity contribution in [1.29, 1.82) is 0 Å². The Bertz CT molecular complexity index is 1060. The predicted molar refractivity (Wildman–Crippen MR) is 108 cm³/mol. The van der Waals surface area contributed by atoms with Gasteiger partial charge in [-0.15, -0.1) is 11.3 Å². The van der Waals surface area contributed by atoms with Gasteiger partial charge in [-0.1, -0.05) is 0 Å². The highest BCUT2D eigenvalue weighted by atomic mass is 32.1. The van der Waals surface area contributed by atoms with Crippen LogP contribution < -0.4 is 5.73 Å². The fraction of sp³-hybridized carbons (Fsp3) is 0.300. The second kappa shape index (κ2) is 7.75. The SMILES string of the molecule is Cc1ncsc1C(=O)N1CCC[C@@H](C(=O)c2cnn(-c3ccc(F)cc3)c2N)C1. The van der Waals surface area contributed by atoms with Gasteiger partial charge >= 0.3 is 0 Å². The van der Waals surface area contributed by atoms with Crippen LogP contribution in [0.3, 0.4) is 0 Å². The van der Waals surface area contributed by atoms with E-state index in [-0.39, 0.29) is 29.2 Å². The Hall–Kier alpha value is -3.07. The van der Waals surface area contributed by atoms with Crippen molar-refractivity contribution in [1.82, 2.24) is 19.7 Å². The molecular weight excluding hydrogens is 393 g/mol. The summed E-state index contributed by atoms with van der Waals surface area (Å²) in [6.45, 7) is 2.77. The monoisotopic (exact) mass is 413 g/mol. The van der Waals surface area contributed by atoms with Gasteiger partial charge in [-0.25, -0.2) is 14.1 Å². The molecule has 1 atom stereocenters. The number of piperidine rings is 1. The maximum atomic E-state index is 13.2. The minimum absolute atomic E-state index is 0.0857. The number of aryl methyl sites for hydroxylation is 1. The Labute approximate surface area is 171 Å². The first-order chi connectivity index (χ1) is 14.0. The van der Waals surface area contributed by atoms with Crippen LogP contribution in [0.1, 0.15) is 38.6 Å². The molecule has 1 amide bonds. The van der Waals surface area contributed by atoms with Crippen molar-refractivity contribution >= 4 is 28.8 Å². The predicted octanol–water partition coefficient (Wildman–Crippen LogP) is 3.09. The zero-order valence-corrected chi connectivity index (χ0v) is 16.7. The molecule has 3 heterocycles. The number of ketones is 1. The van der Waals surface area contributed by atoms with Crippen LogP contribution in [-0.4, -0.2) is 44.4 Å². The average Bonchev–Trinajstić information content (AvgIpc) is 3.33. The second-order valence-corrected chi connectivity index (χ2v) is 7.91. The van der Waals surface area contributed by atoms with Crippen LogP contribution in [0.2, 0.25) is 0 Å². The standard InChI is InChI=1S/C20H20FN5O2S/c1-12-18(29-11-23-12)20(28)25-8-2-3-13(10-25)17(27)16-9-24-26(19(16)22)15-6-4-14(21)5-7-15/h4-7,9,11,13H,2-3,8,10,22H2,1H3/t13-/m1/s1. The Balaban J connectivity index is 1.53. The lowest BCUT2D eigenvalue weighted by atomic mass is 9.90. The van der Waals surface area contributed by atoms with E-state index in [1.165, 1.54) is 34.3 Å². The minimum Gasteiger partial charge on any atom is -0.383 e. The summed E-state index contributed by atoms with van der Waals surface area (Å²) in [6.07, 6.45) is 2.87. The number of benzene rings is 1. The summed E-state index contributed by atoms with van der Waals surface area (Å²) in [6, 6.07) is 5.71. The third kappa shape index (κ3) is 3.65. The van der Waals surface area contributed by atoms with E-state index in [9.17, 15) is 14.0 Å². The summed E-state index contributed by atoms with van der Waals surface area (Å²) < 4.78 is 14.6. The number of carbonyl (C=O) groups is 2. The number of anilines is 1. The molecule has 0 aliphatic carbocycles. The van der Waals surface area contributed by atoms with Gasteiger partial charge in [0.2, 0.25) is 0 Å². The Kier molecular flexibility index (Phi) is 5.14. The number of carbonyl (C=O) groups excluding carboxylic acids is 2. The van der Waals surface area contributed by atoms with Crippen molar-refractivity contribution in [2.75, 3.05) is 18.8 Å². The summed E-state index contributed by atoms with van der Waals surface area (Å²) >= 11 is 1.31. The molecule has 0 spiro atoms. The van der Waals surface area contributed by atoms with Gasteiger partial charge in [0, 0.05) is 19.0 Å². The molecule has 0 bridgehead atoms. The Morgan fingerprint density at radius 1 is 1.28 bits per heavy atom. The first kappa shape index (κ1) is 19.3. The maximum absolute atomic E-state index is 13.2. The summed E-state index contributed by atoms with van der Waals surface area (Å²) in [5.41, 5.74) is 9.43. The van der Waals surface area contributed by atoms with E-state index in [4.69, 9.17) is 5.73 Å². The van der Waals surface area contributed by atoms with Crippen molar-refractivity contribution in [3.63, 3.8) is 0 Å². The van der Waals surface area contributed by atoms with Gasteiger partial charge in [0.15, 0.2) is 5.78 Å². The Morgan fingerprint density at radius 3 is 2.72 bits per heavy atom. The highest BCUT2D eigenvalue weighted by Crippen LogP contribution is 2.27. The van der Waals surface area contributed by atoms with E-state index in [2.05, 4.69) is 10.1 Å². The third-order valence-corrected chi connectivity index (χ3v) is 6.08. The van der Waals surface area contributed by atoms with E-state index >= 15 is 0 Å². The quantitative estimate of drug-likeness (QED) is 0.664. The molecule has 150 valence electrons. The van der Waals surface area contributed by atoms with Gasteiger partial charge in [0.05, 0.1) is 28.7 Å². The van der Waals surface area contributed by atoms with Crippen molar-refractivity contribution < 1.29 is 14.0 Å². The van der Waals surface area contributed by atoms with Crippen LogP contribution in [0.25, 0.3) is 5.69 Å². The summed E-state index contributed by atoms with van der Waals surface area (Å²) in [5, 5.41) is 4.20. The molecule has 9 heteroatoms. The topological polar surface area (TPSA) is 94.1 Å². The number of likely N-dealkylation sites (tertiary alicyclic amines) is 1. The molecule has 7 nitrogen and oxygen atoms in total. The molecule has 0 radical (unpaired) electrons. The van der Waals surface area contributed by atoms with E-state index in [1.807, 2.05) is 0 Å². The molecule has 1 saturated heterocycles. The van der Waals surface area contributed by atoms with Gasteiger partial charge in [-0.3, -0.25) is 9.59 Å². The number of halogens is 1. The molecule has 2 N–H and O–H groups in total. The highest BCUT2D eigenvalue weighted by Gasteiger charge is 2.32. The van der Waals surface area contributed by atoms with Gasteiger partial charge in [0.25, 0.3) is 5.91 Å². The number of hydrogen-bond donors (Lipinski definition) is 1. The van der Waals surface area contributed by atoms with Gasteiger partial charge < -0.3 is 10.6 Å². The number of thiazole rings is 1. The van der Waals surface area contributed by atoms with E-state index in [0.717, 1.165) is 6.42 Å². The van der Waals surface area contributed by atoms with E-state index < -0.39 is 0 Å². The lowest BCUT2D eigenvalue weighted by molar-refractivity contribution is 0.0640. The lowest BCUT2D eigenvalue weighted by Gasteiger charge is -2.31. The normalized spacial score (nSPS) is 16.8. The largest absolute Gasteiger partial charge is 0.383 e. The average molecular weight is 413 g/mol. The number of hydrogen-bond acceptors (Lipinski definition) is 6. The molecule has 1 fully saturated rings. The molecule has 1 aliphatic heterocycles. The maximum Gasteiger partial charge on any atom is 0.265 e. The summed E-state index contributed by atoms with van der Waals surface area (Å²) in [7, 11) is 0. The van der Waals surface area contributed by atoms with Crippen LogP contribution in [0.4, 0.5) is 10.2 Å². The minimum atomic E-state index is -0.362. The zero-order valence-electron chi connectivity index (χ0n) is 15.8. The van der Waals surface area contributed by atoms with Crippen LogP contribution in [0, 0.1) is 18.7 Å². The number of amides is 1. The lowest BCUT2D eigenvalue weighted by Crippen LogP contribution is -2.42. The molecule has 1 aromatic carbocycles. The summed E-state index contributed by atoms with van der Waals surface area (Å²) in [5.74, 6) is -0.705. The van der Waals surface area contributed by atoms with Crippen LogP contribution in [0.15, 0.2) is 36.0 Å². The molecular formula is C20H20FN5O2S. The van der Waals surface area contributed by atoms with E-state index in [1.54, 1.807) is 29.5 Å². The first-order valence-electron chi connectivity index (χ1n) is 9.28. The third-order valence-electron chi connectivity index (χ3n) is 5.16. The van der Waals surface area contributed by atoms with Gasteiger partial charge in [-0.05, 0) is 44.0 Å². The molecule has 1 aliphatic rings. The van der Waals surface area contributed by atoms with E-state index in [0.29, 0.717) is 41.3 Å². The van der Waals surface area contributed by atoms with Crippen molar-refractivity contribution in [3.05, 3.63) is 57.9 Å². The fourth-order valence-corrected chi connectivity index (χ4v) is 4.35. The molecule has 0 unspecified atom stereocenters. The van der Waals surface area contributed by atoms with Gasteiger partial charge in [-0.2, -0.15) is 5.10 Å². The van der Waals surface area contributed by atoms with Gasteiger partial charge in [0.1, 0.15) is 16.5 Å². The molecule has 0 saturated carbocycles. The van der Waals surface area contributed by atoms with Crippen LogP contribution in [-0.2, 0) is 0 Å². The number of Topliss-reactive ketones (excluding diaryl/α,β-unsaturated/α-hetero) is 1. The molecule has 3 aromatic rings. The van der Waals surface area contributed by atoms with Crippen LogP contribution in [0.5, 0.6) is 0 Å². The Morgan fingerprint density at radius 2 is 2.03 bits per heavy atom. The number of nitrogen functional groups attached to an aromatic ring is 1. The number of aromatic nitrogens is 3. The second-order valence-electron chi connectivity index (χ2n) is 7.05. The summed E-state index contributed by atoms with van der Waals surface area (Å²) in [4.78, 5) is 32.3. The number of nitrogens with zero attached hydrogens (tertiary/aromatic N) is 4. The highest BCUT2D eigenvalue weighted by molar-refractivity contribution is 7.11. The smallest absolute Gasteiger partial charge is 0.265 e. The molecule has 29 heavy (non-hydrogen) atoms. The molecule has 4 rings (SSSR count). The number of nitrogens with two attached hydrogens (primary N) is 1. The van der Waals surface area contributed by atoms with Crippen molar-refractivity contribution in [2.45, 2.75) is 19.8 Å². The van der Waals surface area contributed by atoms with Crippen molar-refractivity contribution in [3.8, 4) is 5.69 Å². The first-order valence-corrected chi connectivity index (χ1v) is 10.2. The van der Waals surface area contributed by atoms with Crippen LogP contribution >= 0.6 is 11.3 Å². The fourth-order valence-electron chi connectivity index (χ4n) is 3.58.